The van der Waals surface area contributed by atoms with Crippen molar-refractivity contribution in [3.8, 4) is 27.9 Å². The molecule has 0 aliphatic heterocycles. The van der Waals surface area contributed by atoms with Crippen molar-refractivity contribution in [2.45, 2.75) is 12.8 Å². The molecule has 1 aromatic heterocycles. The van der Waals surface area contributed by atoms with Gasteiger partial charge >= 0.3 is 0 Å². The molecule has 0 radical (unpaired) electrons. The molecule has 0 N–H and O–H groups in total. The molecular formula is C46H34N2. The summed E-state index contributed by atoms with van der Waals surface area (Å²) in [6.07, 6.45) is 8.74. The lowest BCUT2D eigenvalue weighted by molar-refractivity contribution is 0.918. The van der Waals surface area contributed by atoms with Crippen LogP contribution in [0.1, 0.15) is 12.8 Å². The number of rotatable bonds is 6. The maximum absolute atomic E-state index is 2.47. The monoisotopic (exact) mass is 614 g/mol. The highest BCUT2D eigenvalue weighted by atomic mass is 15.1. The molecule has 0 saturated heterocycles. The second-order valence-corrected chi connectivity index (χ2v) is 12.5. The highest BCUT2D eigenvalue weighted by Crippen LogP contribution is 2.40. The summed E-state index contributed by atoms with van der Waals surface area (Å²) in [6, 6.07) is 59.5. The van der Waals surface area contributed by atoms with Gasteiger partial charge in [0.15, 0.2) is 0 Å². The van der Waals surface area contributed by atoms with Crippen molar-refractivity contribution >= 4 is 44.0 Å². The standard InChI is InChI=1S/C46H34N2/c1-3-13-33(14-4-1)34-23-28-38(29-24-34)47(37-16-5-2-6-17-37)39-30-25-36(26-31-39)40-18-9-11-21-44(40)48-45-22-12-10-20-42(45)43-32-27-35-15-7-8-19-41(35)46(43)48/h1-5,7-16,18-32H,6,17H2. The van der Waals surface area contributed by atoms with Crippen molar-refractivity contribution in [1.82, 2.24) is 4.57 Å². The Hall–Kier alpha value is -6.12. The van der Waals surface area contributed by atoms with Gasteiger partial charge < -0.3 is 9.47 Å². The van der Waals surface area contributed by atoms with E-state index in [4.69, 9.17) is 0 Å². The molecule has 0 spiro atoms. The van der Waals surface area contributed by atoms with E-state index in [0.717, 1.165) is 18.5 Å². The predicted octanol–water partition coefficient (Wildman–Crippen LogP) is 12.6. The largest absolute Gasteiger partial charge is 0.314 e. The number of benzene rings is 7. The minimum atomic E-state index is 1.00. The maximum Gasteiger partial charge on any atom is 0.0619 e. The van der Waals surface area contributed by atoms with E-state index < -0.39 is 0 Å². The van der Waals surface area contributed by atoms with Crippen LogP contribution in [-0.4, -0.2) is 4.57 Å². The lowest BCUT2D eigenvalue weighted by Crippen LogP contribution is -2.17. The van der Waals surface area contributed by atoms with Crippen molar-refractivity contribution in [2.75, 3.05) is 4.90 Å². The van der Waals surface area contributed by atoms with Gasteiger partial charge in [-0.15, -0.1) is 0 Å². The van der Waals surface area contributed by atoms with Crippen molar-refractivity contribution in [2.24, 2.45) is 0 Å². The number of para-hydroxylation sites is 2. The van der Waals surface area contributed by atoms with Gasteiger partial charge in [-0.05, 0) is 77.4 Å². The summed E-state index contributed by atoms with van der Waals surface area (Å²) in [4.78, 5) is 2.41. The number of allylic oxidation sites excluding steroid dienone is 4. The zero-order valence-electron chi connectivity index (χ0n) is 26.6. The Labute approximate surface area is 281 Å². The number of anilines is 2. The number of nitrogens with zero attached hydrogens (tertiary/aromatic N) is 2. The summed E-state index contributed by atoms with van der Waals surface area (Å²) in [6.45, 7) is 0. The minimum Gasteiger partial charge on any atom is -0.314 e. The molecule has 7 aromatic carbocycles. The second-order valence-electron chi connectivity index (χ2n) is 12.5. The van der Waals surface area contributed by atoms with Crippen molar-refractivity contribution < 1.29 is 0 Å². The van der Waals surface area contributed by atoms with Crippen LogP contribution in [0.2, 0.25) is 0 Å². The third-order valence-corrected chi connectivity index (χ3v) is 9.65. The highest BCUT2D eigenvalue weighted by molar-refractivity contribution is 6.18. The molecule has 1 aliphatic rings. The van der Waals surface area contributed by atoms with E-state index >= 15 is 0 Å². The van der Waals surface area contributed by atoms with E-state index in [9.17, 15) is 0 Å². The summed E-state index contributed by atoms with van der Waals surface area (Å²) in [7, 11) is 0. The zero-order chi connectivity index (χ0) is 31.9. The van der Waals surface area contributed by atoms with E-state index in [2.05, 4.69) is 191 Å². The van der Waals surface area contributed by atoms with Gasteiger partial charge in [0.05, 0.1) is 16.7 Å². The Morgan fingerprint density at radius 1 is 0.479 bits per heavy atom. The van der Waals surface area contributed by atoms with E-state index in [1.165, 1.54) is 71.9 Å². The molecule has 0 fully saturated rings. The van der Waals surface area contributed by atoms with Crippen LogP contribution in [0.25, 0.3) is 60.5 Å². The second kappa shape index (κ2) is 11.9. The molecule has 2 nitrogen and oxygen atoms in total. The quantitative estimate of drug-likeness (QED) is 0.181. The van der Waals surface area contributed by atoms with Gasteiger partial charge in [-0.25, -0.2) is 0 Å². The summed E-state index contributed by atoms with van der Waals surface area (Å²) in [5.41, 5.74) is 12.1. The first-order valence-corrected chi connectivity index (χ1v) is 16.8. The van der Waals surface area contributed by atoms with Crippen LogP contribution in [-0.2, 0) is 0 Å². The van der Waals surface area contributed by atoms with Crippen LogP contribution >= 0.6 is 0 Å². The van der Waals surface area contributed by atoms with Gasteiger partial charge in [0.1, 0.15) is 0 Å². The first kappa shape index (κ1) is 28.1. The Balaban J connectivity index is 1.16. The first-order chi connectivity index (χ1) is 23.8. The minimum absolute atomic E-state index is 1.00. The molecule has 0 bridgehead atoms. The zero-order valence-corrected chi connectivity index (χ0v) is 26.6. The fourth-order valence-corrected chi connectivity index (χ4v) is 7.37. The third-order valence-electron chi connectivity index (χ3n) is 9.65. The lowest BCUT2D eigenvalue weighted by atomic mass is 10.0. The number of fused-ring (bicyclic) bond motifs is 5. The summed E-state index contributed by atoms with van der Waals surface area (Å²) in [5.74, 6) is 0. The van der Waals surface area contributed by atoms with Crippen molar-refractivity contribution in [3.05, 3.63) is 188 Å². The number of hydrogen-bond donors (Lipinski definition) is 0. The average Bonchev–Trinajstić information content (AvgIpc) is 3.51. The SMILES string of the molecule is C1=CCCC(N(c2ccc(-c3ccccc3)cc2)c2ccc(-c3ccccc3-n3c4ccccc4c4ccc5ccccc5c43)cc2)=C1. The molecule has 0 atom stereocenters. The summed E-state index contributed by atoms with van der Waals surface area (Å²) in [5, 5.41) is 5.06. The van der Waals surface area contributed by atoms with Gasteiger partial charge in [-0.3, -0.25) is 0 Å². The predicted molar refractivity (Wildman–Crippen MR) is 204 cm³/mol. The van der Waals surface area contributed by atoms with Crippen LogP contribution in [0.4, 0.5) is 11.4 Å². The van der Waals surface area contributed by atoms with E-state index in [-0.39, 0.29) is 0 Å². The van der Waals surface area contributed by atoms with Crippen LogP contribution in [0.3, 0.4) is 0 Å². The molecule has 1 heterocycles. The van der Waals surface area contributed by atoms with E-state index in [1.807, 2.05) is 0 Å². The van der Waals surface area contributed by atoms with Crippen molar-refractivity contribution in [1.29, 1.82) is 0 Å². The molecule has 0 saturated carbocycles. The van der Waals surface area contributed by atoms with Crippen molar-refractivity contribution in [3.63, 3.8) is 0 Å². The molecule has 48 heavy (non-hydrogen) atoms. The molecule has 2 heteroatoms. The van der Waals surface area contributed by atoms with Gasteiger partial charge in [-0.1, -0.05) is 140 Å². The molecule has 228 valence electrons. The van der Waals surface area contributed by atoms with Gasteiger partial charge in [0.25, 0.3) is 0 Å². The van der Waals surface area contributed by atoms with Crippen LogP contribution < -0.4 is 4.90 Å². The topological polar surface area (TPSA) is 8.17 Å². The van der Waals surface area contributed by atoms with Crippen LogP contribution in [0, 0.1) is 0 Å². The molecular weight excluding hydrogens is 581 g/mol. The Kier molecular flexibility index (Phi) is 6.98. The molecule has 1 aliphatic carbocycles. The maximum atomic E-state index is 2.47. The summed E-state index contributed by atoms with van der Waals surface area (Å²) >= 11 is 0. The fourth-order valence-electron chi connectivity index (χ4n) is 7.37. The molecule has 0 unspecified atom stereocenters. The van der Waals surface area contributed by atoms with Crippen LogP contribution in [0.5, 0.6) is 0 Å². The summed E-state index contributed by atoms with van der Waals surface area (Å²) < 4.78 is 2.47. The Bertz CT molecular complexity index is 2480. The molecule has 9 rings (SSSR count). The first-order valence-electron chi connectivity index (χ1n) is 16.8. The highest BCUT2D eigenvalue weighted by Gasteiger charge is 2.19. The number of aromatic nitrogens is 1. The van der Waals surface area contributed by atoms with Crippen LogP contribution in [0.15, 0.2) is 188 Å². The third kappa shape index (κ3) is 4.82. The fraction of sp³-hybridized carbons (Fsp3) is 0.0435. The number of hydrogen-bond acceptors (Lipinski definition) is 1. The van der Waals surface area contributed by atoms with Gasteiger partial charge in [-0.2, -0.15) is 0 Å². The average molecular weight is 615 g/mol. The van der Waals surface area contributed by atoms with E-state index in [1.54, 1.807) is 0 Å². The Morgan fingerprint density at radius 3 is 1.90 bits per heavy atom. The van der Waals surface area contributed by atoms with Gasteiger partial charge in [0.2, 0.25) is 0 Å². The molecule has 0 amide bonds. The van der Waals surface area contributed by atoms with Gasteiger partial charge in [0, 0.05) is 38.8 Å². The smallest absolute Gasteiger partial charge is 0.0619 e. The lowest BCUT2D eigenvalue weighted by Gasteiger charge is -2.29. The molecule has 8 aromatic rings. The van der Waals surface area contributed by atoms with E-state index in [0.29, 0.717) is 0 Å². The Morgan fingerprint density at radius 2 is 1.12 bits per heavy atom. The normalized spacial score (nSPS) is 12.9.